The van der Waals surface area contributed by atoms with Crippen LogP contribution in [0.1, 0.15) is 11.1 Å². The molecule has 0 radical (unpaired) electrons. The topological polar surface area (TPSA) is 12.9 Å². The summed E-state index contributed by atoms with van der Waals surface area (Å²) in [5, 5.41) is 0. The number of nitrogens with zero attached hydrogens (tertiary/aromatic N) is 1. The summed E-state index contributed by atoms with van der Waals surface area (Å²) in [6, 6.07) is 23.0. The number of rotatable bonds is 0. The molecule has 0 N–H and O–H groups in total. The first-order valence-electron chi connectivity index (χ1n) is 6.46. The second-order valence-corrected chi connectivity index (χ2v) is 4.52. The minimum atomic E-state index is 0. The van der Waals surface area contributed by atoms with Crippen molar-refractivity contribution < 1.29 is 20.4 Å². The van der Waals surface area contributed by atoms with Crippen LogP contribution >= 0.6 is 0 Å². The van der Waals surface area contributed by atoms with Crippen LogP contribution in [0, 0.1) is 0 Å². The maximum atomic E-state index is 3.78. The van der Waals surface area contributed by atoms with Gasteiger partial charge in [0.05, 0.1) is 0 Å². The third kappa shape index (κ3) is 3.22. The van der Waals surface area contributed by atoms with Gasteiger partial charge >= 0.3 is 0 Å². The standard InChI is InChI=1S/C13H10.C5H5N.Pd/c1-3-7-12-10(5-1)9-11-6-2-4-8-13(11)12;1-2-4-6-5-3-1;/h1-8H,9H2;1-5H;. The zero-order valence-corrected chi connectivity index (χ0v) is 12.5. The van der Waals surface area contributed by atoms with Crippen LogP contribution < -0.4 is 0 Å². The molecule has 1 aliphatic carbocycles. The van der Waals surface area contributed by atoms with Crippen molar-refractivity contribution in [3.8, 4) is 11.1 Å². The Hall–Kier alpha value is -1.75. The van der Waals surface area contributed by atoms with Crippen LogP contribution in [0.3, 0.4) is 0 Å². The predicted molar refractivity (Wildman–Crippen MR) is 78.9 cm³/mol. The van der Waals surface area contributed by atoms with Crippen molar-refractivity contribution in [1.82, 2.24) is 4.98 Å². The van der Waals surface area contributed by atoms with Crippen LogP contribution in [0.5, 0.6) is 0 Å². The Kier molecular flexibility index (Phi) is 5.24. The molecule has 1 aromatic heterocycles. The van der Waals surface area contributed by atoms with Crippen LogP contribution in [-0.4, -0.2) is 4.98 Å². The molecule has 0 atom stereocenters. The maximum absolute atomic E-state index is 3.78. The largest absolute Gasteiger partial charge is 0.265 e. The van der Waals surface area contributed by atoms with Crippen LogP contribution in [-0.2, 0) is 26.8 Å². The van der Waals surface area contributed by atoms with Crippen molar-refractivity contribution >= 4 is 0 Å². The fourth-order valence-electron chi connectivity index (χ4n) is 2.39. The summed E-state index contributed by atoms with van der Waals surface area (Å²) in [5.74, 6) is 0. The van der Waals surface area contributed by atoms with Gasteiger partial charge in [-0.1, -0.05) is 54.6 Å². The van der Waals surface area contributed by atoms with E-state index in [2.05, 4.69) is 53.5 Å². The third-order valence-electron chi connectivity index (χ3n) is 3.27. The van der Waals surface area contributed by atoms with E-state index in [1.807, 2.05) is 18.2 Å². The van der Waals surface area contributed by atoms with Gasteiger partial charge in [-0.2, -0.15) is 0 Å². The first kappa shape index (κ1) is 14.7. The smallest absolute Gasteiger partial charge is 0.0267 e. The summed E-state index contributed by atoms with van der Waals surface area (Å²) in [7, 11) is 0. The van der Waals surface area contributed by atoms with Crippen LogP contribution in [0.15, 0.2) is 79.1 Å². The summed E-state index contributed by atoms with van der Waals surface area (Å²) in [6.07, 6.45) is 4.60. The molecule has 2 aromatic carbocycles. The number of hydrogen-bond donors (Lipinski definition) is 0. The molecule has 1 heterocycles. The van der Waals surface area contributed by atoms with Crippen molar-refractivity contribution in [3.05, 3.63) is 90.3 Å². The average molecular weight is 352 g/mol. The van der Waals surface area contributed by atoms with E-state index >= 15 is 0 Å². The van der Waals surface area contributed by atoms with E-state index in [-0.39, 0.29) is 20.4 Å². The molecule has 0 fully saturated rings. The first-order valence-corrected chi connectivity index (χ1v) is 6.46. The quantitative estimate of drug-likeness (QED) is 0.430. The number of hydrogen-bond acceptors (Lipinski definition) is 1. The van der Waals surface area contributed by atoms with Crippen molar-refractivity contribution in [2.24, 2.45) is 0 Å². The van der Waals surface area contributed by atoms with Crippen molar-refractivity contribution in [2.45, 2.75) is 6.42 Å². The molecule has 20 heavy (non-hydrogen) atoms. The van der Waals surface area contributed by atoms with E-state index in [0.29, 0.717) is 0 Å². The SMILES string of the molecule is [Pd].c1ccc2c(c1)Cc1ccccc1-2.c1ccncc1. The minimum Gasteiger partial charge on any atom is -0.265 e. The van der Waals surface area contributed by atoms with Gasteiger partial charge in [0.1, 0.15) is 0 Å². The molecule has 0 saturated carbocycles. The molecule has 1 aliphatic rings. The maximum Gasteiger partial charge on any atom is 0.0267 e. The molecule has 102 valence electrons. The molecule has 0 aliphatic heterocycles. The predicted octanol–water partition coefficient (Wildman–Crippen LogP) is 4.34. The van der Waals surface area contributed by atoms with Gasteiger partial charge in [-0.05, 0) is 40.8 Å². The second kappa shape index (κ2) is 7.15. The molecule has 0 amide bonds. The Morgan fingerprint density at radius 1 is 0.600 bits per heavy atom. The van der Waals surface area contributed by atoms with Gasteiger partial charge in [-0.25, -0.2) is 0 Å². The fraction of sp³-hybridized carbons (Fsp3) is 0.0556. The monoisotopic (exact) mass is 351 g/mol. The number of benzene rings is 2. The zero-order chi connectivity index (χ0) is 12.9. The first-order chi connectivity index (χ1) is 9.45. The number of aromatic nitrogens is 1. The summed E-state index contributed by atoms with van der Waals surface area (Å²) in [6.45, 7) is 0. The Balaban J connectivity index is 0.000000180. The summed E-state index contributed by atoms with van der Waals surface area (Å²) < 4.78 is 0. The van der Waals surface area contributed by atoms with Gasteiger partial charge in [-0.15, -0.1) is 0 Å². The van der Waals surface area contributed by atoms with Gasteiger partial charge in [-0.3, -0.25) is 4.98 Å². The molecular formula is C18H15NPd. The Labute approximate surface area is 133 Å². The Morgan fingerprint density at radius 3 is 1.50 bits per heavy atom. The van der Waals surface area contributed by atoms with E-state index in [1.165, 1.54) is 22.3 Å². The van der Waals surface area contributed by atoms with Crippen LogP contribution in [0.2, 0.25) is 0 Å². The van der Waals surface area contributed by atoms with E-state index in [9.17, 15) is 0 Å². The molecule has 0 spiro atoms. The third-order valence-corrected chi connectivity index (χ3v) is 3.27. The molecule has 2 heteroatoms. The van der Waals surface area contributed by atoms with Crippen molar-refractivity contribution in [1.29, 1.82) is 0 Å². The van der Waals surface area contributed by atoms with E-state index in [4.69, 9.17) is 0 Å². The van der Waals surface area contributed by atoms with Crippen LogP contribution in [0.4, 0.5) is 0 Å². The zero-order valence-electron chi connectivity index (χ0n) is 11.0. The van der Waals surface area contributed by atoms with Crippen molar-refractivity contribution in [3.63, 3.8) is 0 Å². The fourth-order valence-corrected chi connectivity index (χ4v) is 2.39. The van der Waals surface area contributed by atoms with E-state index in [1.54, 1.807) is 12.4 Å². The van der Waals surface area contributed by atoms with E-state index in [0.717, 1.165) is 6.42 Å². The number of pyridine rings is 1. The molecule has 1 nitrogen and oxygen atoms in total. The van der Waals surface area contributed by atoms with Crippen LogP contribution in [0.25, 0.3) is 11.1 Å². The van der Waals surface area contributed by atoms with Crippen molar-refractivity contribution in [2.75, 3.05) is 0 Å². The van der Waals surface area contributed by atoms with Gasteiger partial charge in [0.2, 0.25) is 0 Å². The molecule has 4 rings (SSSR count). The second-order valence-electron chi connectivity index (χ2n) is 4.52. The Morgan fingerprint density at radius 2 is 1.10 bits per heavy atom. The molecule has 0 saturated heterocycles. The summed E-state index contributed by atoms with van der Waals surface area (Å²) >= 11 is 0. The Bertz CT molecular complexity index is 595. The normalized spacial score (nSPS) is 10.4. The van der Waals surface area contributed by atoms with Gasteiger partial charge in [0, 0.05) is 32.8 Å². The molecule has 0 unspecified atom stereocenters. The number of fused-ring (bicyclic) bond motifs is 3. The van der Waals surface area contributed by atoms with Gasteiger partial charge in [0.15, 0.2) is 0 Å². The molecular weight excluding hydrogens is 337 g/mol. The molecule has 0 bridgehead atoms. The van der Waals surface area contributed by atoms with E-state index < -0.39 is 0 Å². The summed E-state index contributed by atoms with van der Waals surface area (Å²) in [4.78, 5) is 3.78. The molecule has 3 aromatic rings. The minimum absolute atomic E-state index is 0. The van der Waals surface area contributed by atoms with Gasteiger partial charge in [0.25, 0.3) is 0 Å². The summed E-state index contributed by atoms with van der Waals surface area (Å²) in [5.41, 5.74) is 5.75. The van der Waals surface area contributed by atoms with Gasteiger partial charge < -0.3 is 0 Å². The average Bonchev–Trinajstić information content (AvgIpc) is 2.88.